The van der Waals surface area contributed by atoms with E-state index in [1.54, 1.807) is 7.11 Å². The van der Waals surface area contributed by atoms with E-state index < -0.39 is 0 Å². The minimum atomic E-state index is -0.196. The topological polar surface area (TPSA) is 41.6 Å². The number of likely N-dealkylation sites (tertiary alicyclic amines) is 1. The zero-order valence-electron chi connectivity index (χ0n) is 11.6. The maximum absolute atomic E-state index is 12.5. The van der Waals surface area contributed by atoms with Crippen molar-refractivity contribution in [1.29, 1.82) is 0 Å². The van der Waals surface area contributed by atoms with Crippen LogP contribution in [0.5, 0.6) is 0 Å². The fraction of sp³-hybridized carbons (Fsp3) is 0.923. The lowest BCUT2D eigenvalue weighted by Gasteiger charge is -2.39. The van der Waals surface area contributed by atoms with E-state index in [4.69, 9.17) is 4.74 Å². The molecule has 2 saturated heterocycles. The van der Waals surface area contributed by atoms with Crippen LogP contribution in [0.4, 0.5) is 0 Å². The van der Waals surface area contributed by atoms with E-state index in [1.807, 2.05) is 4.90 Å². The van der Waals surface area contributed by atoms with Gasteiger partial charge in [-0.2, -0.15) is 0 Å². The van der Waals surface area contributed by atoms with Crippen LogP contribution in [-0.4, -0.2) is 50.2 Å². The van der Waals surface area contributed by atoms with Gasteiger partial charge >= 0.3 is 0 Å². The number of nitrogens with one attached hydrogen (secondary N) is 1. The summed E-state index contributed by atoms with van der Waals surface area (Å²) in [7, 11) is 1.74. The average Bonchev–Trinajstić information content (AvgIpc) is 2.77. The zero-order valence-corrected chi connectivity index (χ0v) is 12.4. The van der Waals surface area contributed by atoms with Crippen LogP contribution in [-0.2, 0) is 9.53 Å². The second kappa shape index (κ2) is 6.22. The summed E-state index contributed by atoms with van der Waals surface area (Å²) in [5, 5.41) is 3.29. The van der Waals surface area contributed by atoms with Crippen molar-refractivity contribution in [3.63, 3.8) is 0 Å². The molecule has 4 nitrogen and oxygen atoms in total. The third-order valence-electron chi connectivity index (χ3n) is 4.36. The number of methoxy groups -OCH3 is 1. The lowest BCUT2D eigenvalue weighted by atomic mass is 9.86. The van der Waals surface area contributed by atoms with Crippen LogP contribution in [0.2, 0.25) is 0 Å². The lowest BCUT2D eigenvalue weighted by molar-refractivity contribution is -0.145. The van der Waals surface area contributed by atoms with Gasteiger partial charge in [0.25, 0.3) is 0 Å². The Balaban J connectivity index is 0.00000162. The van der Waals surface area contributed by atoms with Crippen LogP contribution in [0, 0.1) is 11.3 Å². The van der Waals surface area contributed by atoms with Gasteiger partial charge in [-0.25, -0.2) is 0 Å². The molecule has 2 aliphatic heterocycles. The second-order valence-electron chi connectivity index (χ2n) is 5.78. The van der Waals surface area contributed by atoms with Gasteiger partial charge in [0.1, 0.15) is 0 Å². The smallest absolute Gasteiger partial charge is 0.229 e. The Morgan fingerprint density at radius 3 is 2.78 bits per heavy atom. The van der Waals surface area contributed by atoms with Crippen LogP contribution in [0.3, 0.4) is 0 Å². The van der Waals surface area contributed by atoms with Crippen LogP contribution < -0.4 is 5.32 Å². The van der Waals surface area contributed by atoms with E-state index >= 15 is 0 Å². The Kier molecular flexibility index (Phi) is 5.44. The second-order valence-corrected chi connectivity index (χ2v) is 5.78. The first kappa shape index (κ1) is 15.7. The predicted molar refractivity (Wildman–Crippen MR) is 74.0 cm³/mol. The third kappa shape index (κ3) is 2.98. The van der Waals surface area contributed by atoms with Gasteiger partial charge in [0, 0.05) is 26.7 Å². The molecule has 0 bridgehead atoms. The molecule has 2 heterocycles. The molecule has 0 aromatic carbocycles. The summed E-state index contributed by atoms with van der Waals surface area (Å²) in [6.07, 6.45) is 2.20. The number of ether oxygens (including phenoxy) is 1. The summed E-state index contributed by atoms with van der Waals surface area (Å²) < 4.78 is 5.47. The normalized spacial score (nSPS) is 36.3. The van der Waals surface area contributed by atoms with Crippen molar-refractivity contribution in [3.8, 4) is 0 Å². The molecule has 1 N–H and O–H groups in total. The van der Waals surface area contributed by atoms with E-state index in [2.05, 4.69) is 19.2 Å². The molecular formula is C13H25ClN2O2. The Hall–Kier alpha value is -0.320. The van der Waals surface area contributed by atoms with Gasteiger partial charge in [-0.05, 0) is 32.2 Å². The van der Waals surface area contributed by atoms with Crippen molar-refractivity contribution in [2.24, 2.45) is 11.3 Å². The molecule has 3 unspecified atom stereocenters. The molecule has 2 aliphatic rings. The first-order valence-corrected chi connectivity index (χ1v) is 6.60. The van der Waals surface area contributed by atoms with Crippen molar-refractivity contribution in [2.75, 3.05) is 33.3 Å². The maximum Gasteiger partial charge on any atom is 0.229 e. The van der Waals surface area contributed by atoms with Crippen molar-refractivity contribution in [3.05, 3.63) is 0 Å². The molecular weight excluding hydrogens is 252 g/mol. The van der Waals surface area contributed by atoms with E-state index in [-0.39, 0.29) is 23.9 Å². The zero-order chi connectivity index (χ0) is 12.5. The summed E-state index contributed by atoms with van der Waals surface area (Å²) in [5.41, 5.74) is -0.196. The van der Waals surface area contributed by atoms with Crippen LogP contribution >= 0.6 is 12.4 Å². The summed E-state index contributed by atoms with van der Waals surface area (Å²) in [4.78, 5) is 14.5. The third-order valence-corrected chi connectivity index (χ3v) is 4.36. The van der Waals surface area contributed by atoms with E-state index in [9.17, 15) is 4.79 Å². The number of nitrogens with zero attached hydrogens (tertiary/aromatic N) is 1. The largest absolute Gasteiger partial charge is 0.379 e. The van der Waals surface area contributed by atoms with Gasteiger partial charge in [0.05, 0.1) is 11.5 Å². The first-order chi connectivity index (χ1) is 8.07. The summed E-state index contributed by atoms with van der Waals surface area (Å²) in [6.45, 7) is 7.70. The standard InChI is InChI=1S/C13H24N2O2.ClH/c1-10-4-7-15(8-11(10)17-3)12(16)13(2)5-6-14-9-13;/h10-11,14H,4-9H2,1-3H3;1H. The van der Waals surface area contributed by atoms with Crippen molar-refractivity contribution < 1.29 is 9.53 Å². The molecule has 0 saturated carbocycles. The number of hydrogen-bond donors (Lipinski definition) is 1. The van der Waals surface area contributed by atoms with Crippen molar-refractivity contribution in [2.45, 2.75) is 32.8 Å². The minimum Gasteiger partial charge on any atom is -0.379 e. The van der Waals surface area contributed by atoms with Crippen molar-refractivity contribution in [1.82, 2.24) is 10.2 Å². The highest BCUT2D eigenvalue weighted by Crippen LogP contribution is 2.30. The van der Waals surface area contributed by atoms with Crippen molar-refractivity contribution >= 4 is 18.3 Å². The quantitative estimate of drug-likeness (QED) is 0.826. The minimum absolute atomic E-state index is 0. The van der Waals surface area contributed by atoms with Gasteiger partial charge in [-0.3, -0.25) is 4.79 Å². The number of hydrogen-bond acceptors (Lipinski definition) is 3. The molecule has 0 spiro atoms. The van der Waals surface area contributed by atoms with Gasteiger partial charge in [-0.1, -0.05) is 6.92 Å². The molecule has 0 radical (unpaired) electrons. The molecule has 0 aliphatic carbocycles. The lowest BCUT2D eigenvalue weighted by Crippen LogP contribution is -2.51. The summed E-state index contributed by atoms with van der Waals surface area (Å²) in [6, 6.07) is 0. The summed E-state index contributed by atoms with van der Waals surface area (Å²) >= 11 is 0. The maximum atomic E-state index is 12.5. The Bertz CT molecular complexity index is 293. The number of halogens is 1. The SMILES string of the molecule is COC1CN(C(=O)C2(C)CCNC2)CCC1C.Cl. The van der Waals surface area contributed by atoms with E-state index in [0.717, 1.165) is 39.0 Å². The van der Waals surface area contributed by atoms with Crippen LogP contribution in [0.15, 0.2) is 0 Å². The van der Waals surface area contributed by atoms with Crippen LogP contribution in [0.1, 0.15) is 26.7 Å². The number of rotatable bonds is 2. The number of carbonyl (C=O) groups is 1. The molecule has 106 valence electrons. The van der Waals surface area contributed by atoms with E-state index in [0.29, 0.717) is 11.8 Å². The van der Waals surface area contributed by atoms with Gasteiger partial charge in [0.15, 0.2) is 0 Å². The average molecular weight is 277 g/mol. The molecule has 5 heteroatoms. The molecule has 18 heavy (non-hydrogen) atoms. The molecule has 3 atom stereocenters. The molecule has 0 aromatic rings. The summed E-state index contributed by atoms with van der Waals surface area (Å²) in [5.74, 6) is 0.856. The highest BCUT2D eigenvalue weighted by atomic mass is 35.5. The fourth-order valence-corrected chi connectivity index (χ4v) is 2.91. The Morgan fingerprint density at radius 2 is 2.22 bits per heavy atom. The van der Waals surface area contributed by atoms with E-state index in [1.165, 1.54) is 0 Å². The predicted octanol–water partition coefficient (Wildman–Crippen LogP) is 1.29. The first-order valence-electron chi connectivity index (χ1n) is 6.60. The fourth-order valence-electron chi connectivity index (χ4n) is 2.91. The Morgan fingerprint density at radius 1 is 1.50 bits per heavy atom. The monoisotopic (exact) mass is 276 g/mol. The molecule has 1 amide bonds. The van der Waals surface area contributed by atoms with Crippen LogP contribution in [0.25, 0.3) is 0 Å². The number of piperidine rings is 1. The number of amides is 1. The van der Waals surface area contributed by atoms with Gasteiger partial charge in [-0.15, -0.1) is 12.4 Å². The van der Waals surface area contributed by atoms with Gasteiger partial charge in [0.2, 0.25) is 5.91 Å². The highest BCUT2D eigenvalue weighted by molar-refractivity contribution is 5.85. The molecule has 0 aromatic heterocycles. The molecule has 2 rings (SSSR count). The Labute approximate surface area is 116 Å². The molecule has 2 fully saturated rings. The highest BCUT2D eigenvalue weighted by Gasteiger charge is 2.41. The number of carbonyl (C=O) groups excluding carboxylic acids is 1. The van der Waals surface area contributed by atoms with Gasteiger partial charge < -0.3 is 15.0 Å².